The van der Waals surface area contributed by atoms with E-state index in [0.717, 1.165) is 15.9 Å². The van der Waals surface area contributed by atoms with Crippen LogP contribution in [-0.4, -0.2) is 8.42 Å². The SMILES string of the molecule is Cc1ccc(N(Cc2ccccc2F)S(=O)(=O)c2ccccc2F)cc1. The van der Waals surface area contributed by atoms with E-state index in [0.29, 0.717) is 5.69 Å². The zero-order chi connectivity index (χ0) is 18.7. The predicted molar refractivity (Wildman–Crippen MR) is 97.3 cm³/mol. The smallest absolute Gasteiger partial charge is 0.262 e. The summed E-state index contributed by atoms with van der Waals surface area (Å²) in [6.07, 6.45) is 0. The van der Waals surface area contributed by atoms with E-state index >= 15 is 0 Å². The molecule has 0 spiro atoms. The Morgan fingerprint density at radius 1 is 0.808 bits per heavy atom. The molecule has 134 valence electrons. The number of anilines is 1. The Balaban J connectivity index is 2.13. The largest absolute Gasteiger partial charge is 0.267 e. The van der Waals surface area contributed by atoms with Crippen LogP contribution in [0.1, 0.15) is 11.1 Å². The van der Waals surface area contributed by atoms with Crippen LogP contribution in [0.2, 0.25) is 0 Å². The first-order valence-electron chi connectivity index (χ1n) is 7.97. The molecule has 6 heteroatoms. The highest BCUT2D eigenvalue weighted by atomic mass is 32.2. The van der Waals surface area contributed by atoms with Gasteiger partial charge in [-0.05, 0) is 37.3 Å². The van der Waals surface area contributed by atoms with E-state index in [-0.39, 0.29) is 12.1 Å². The van der Waals surface area contributed by atoms with Crippen LogP contribution in [0.15, 0.2) is 77.7 Å². The Kier molecular flexibility index (Phi) is 5.04. The van der Waals surface area contributed by atoms with Crippen LogP contribution in [0.25, 0.3) is 0 Å². The van der Waals surface area contributed by atoms with Gasteiger partial charge in [-0.1, -0.05) is 48.0 Å². The van der Waals surface area contributed by atoms with Crippen molar-refractivity contribution in [2.45, 2.75) is 18.4 Å². The Hall–Kier alpha value is -2.73. The number of sulfonamides is 1. The van der Waals surface area contributed by atoms with Gasteiger partial charge in [0.15, 0.2) is 0 Å². The lowest BCUT2D eigenvalue weighted by Crippen LogP contribution is -2.31. The molecule has 0 saturated heterocycles. The maximum Gasteiger partial charge on any atom is 0.267 e. The lowest BCUT2D eigenvalue weighted by atomic mass is 10.2. The van der Waals surface area contributed by atoms with Crippen molar-refractivity contribution in [2.24, 2.45) is 0 Å². The normalized spacial score (nSPS) is 11.3. The fourth-order valence-corrected chi connectivity index (χ4v) is 4.09. The Labute approximate surface area is 151 Å². The summed E-state index contributed by atoms with van der Waals surface area (Å²) < 4.78 is 55.5. The van der Waals surface area contributed by atoms with Crippen LogP contribution in [0, 0.1) is 18.6 Å². The number of halogens is 2. The van der Waals surface area contributed by atoms with Gasteiger partial charge in [-0.3, -0.25) is 4.31 Å². The summed E-state index contributed by atoms with van der Waals surface area (Å²) in [6, 6.07) is 17.8. The Morgan fingerprint density at radius 2 is 1.38 bits per heavy atom. The zero-order valence-corrected chi connectivity index (χ0v) is 14.9. The molecule has 0 amide bonds. The van der Waals surface area contributed by atoms with Crippen LogP contribution in [0.3, 0.4) is 0 Å². The van der Waals surface area contributed by atoms with Crippen molar-refractivity contribution >= 4 is 15.7 Å². The zero-order valence-electron chi connectivity index (χ0n) is 14.1. The first kappa shape index (κ1) is 18.1. The van der Waals surface area contributed by atoms with Crippen LogP contribution in [-0.2, 0) is 16.6 Å². The lowest BCUT2D eigenvalue weighted by Gasteiger charge is -2.25. The second kappa shape index (κ2) is 7.25. The van der Waals surface area contributed by atoms with Gasteiger partial charge in [-0.2, -0.15) is 0 Å². The highest BCUT2D eigenvalue weighted by Crippen LogP contribution is 2.28. The van der Waals surface area contributed by atoms with Gasteiger partial charge in [0.2, 0.25) is 0 Å². The van der Waals surface area contributed by atoms with Crippen molar-refractivity contribution in [3.8, 4) is 0 Å². The number of hydrogen-bond acceptors (Lipinski definition) is 2. The first-order chi connectivity index (χ1) is 12.4. The summed E-state index contributed by atoms with van der Waals surface area (Å²) in [5, 5.41) is 0. The molecule has 3 aromatic rings. The van der Waals surface area contributed by atoms with Crippen LogP contribution in [0.5, 0.6) is 0 Å². The Morgan fingerprint density at radius 3 is 2.00 bits per heavy atom. The standard InChI is InChI=1S/C20H17F2NO2S/c1-15-10-12-17(13-11-15)23(14-16-6-2-3-7-18(16)21)26(24,25)20-9-5-4-8-19(20)22/h2-13H,14H2,1H3. The van der Waals surface area contributed by atoms with Gasteiger partial charge in [-0.15, -0.1) is 0 Å². The molecule has 0 heterocycles. The average Bonchev–Trinajstić information content (AvgIpc) is 2.62. The van der Waals surface area contributed by atoms with E-state index in [9.17, 15) is 17.2 Å². The fraction of sp³-hybridized carbons (Fsp3) is 0.100. The van der Waals surface area contributed by atoms with E-state index in [2.05, 4.69) is 0 Å². The monoisotopic (exact) mass is 373 g/mol. The summed E-state index contributed by atoms with van der Waals surface area (Å²) in [5.74, 6) is -1.37. The molecule has 0 atom stereocenters. The second-order valence-corrected chi connectivity index (χ2v) is 7.70. The number of rotatable bonds is 5. The topological polar surface area (TPSA) is 37.4 Å². The molecule has 3 aromatic carbocycles. The summed E-state index contributed by atoms with van der Waals surface area (Å²) in [5.41, 5.74) is 1.48. The second-order valence-electron chi connectivity index (χ2n) is 5.87. The molecule has 0 radical (unpaired) electrons. The average molecular weight is 373 g/mol. The van der Waals surface area contributed by atoms with Crippen LogP contribution >= 0.6 is 0 Å². The molecular formula is C20H17F2NO2S. The van der Waals surface area contributed by atoms with Gasteiger partial charge in [-0.25, -0.2) is 17.2 Å². The fourth-order valence-electron chi connectivity index (χ4n) is 2.58. The molecule has 0 aliphatic carbocycles. The first-order valence-corrected chi connectivity index (χ1v) is 9.41. The van der Waals surface area contributed by atoms with E-state index in [1.807, 2.05) is 6.92 Å². The summed E-state index contributed by atoms with van der Waals surface area (Å²) in [4.78, 5) is -0.447. The minimum Gasteiger partial charge on any atom is -0.262 e. The molecule has 26 heavy (non-hydrogen) atoms. The number of hydrogen-bond donors (Lipinski definition) is 0. The predicted octanol–water partition coefficient (Wildman–Crippen LogP) is 4.67. The molecule has 3 rings (SSSR count). The van der Waals surface area contributed by atoms with Crippen molar-refractivity contribution in [3.05, 3.63) is 95.6 Å². The van der Waals surface area contributed by atoms with Crippen molar-refractivity contribution < 1.29 is 17.2 Å². The van der Waals surface area contributed by atoms with Crippen molar-refractivity contribution in [1.29, 1.82) is 0 Å². The molecule has 0 fully saturated rings. The van der Waals surface area contributed by atoms with E-state index in [1.165, 1.54) is 36.4 Å². The van der Waals surface area contributed by atoms with E-state index in [4.69, 9.17) is 0 Å². The van der Waals surface area contributed by atoms with Gasteiger partial charge in [0.25, 0.3) is 10.0 Å². The third-order valence-electron chi connectivity index (χ3n) is 4.00. The molecule has 0 bridgehead atoms. The van der Waals surface area contributed by atoms with Crippen LogP contribution in [0.4, 0.5) is 14.5 Å². The van der Waals surface area contributed by atoms with Crippen molar-refractivity contribution in [2.75, 3.05) is 4.31 Å². The lowest BCUT2D eigenvalue weighted by molar-refractivity contribution is 0.561. The maximum absolute atomic E-state index is 14.2. The molecule has 0 unspecified atom stereocenters. The van der Waals surface area contributed by atoms with Gasteiger partial charge in [0.1, 0.15) is 16.5 Å². The van der Waals surface area contributed by atoms with E-state index < -0.39 is 26.6 Å². The number of benzene rings is 3. The van der Waals surface area contributed by atoms with Crippen molar-refractivity contribution in [3.63, 3.8) is 0 Å². The minimum absolute atomic E-state index is 0.202. The maximum atomic E-state index is 14.2. The third-order valence-corrected chi connectivity index (χ3v) is 5.81. The highest BCUT2D eigenvalue weighted by molar-refractivity contribution is 7.92. The van der Waals surface area contributed by atoms with Gasteiger partial charge in [0.05, 0.1) is 12.2 Å². The molecule has 0 N–H and O–H groups in total. The molecule has 0 saturated carbocycles. The van der Waals surface area contributed by atoms with Crippen LogP contribution < -0.4 is 4.31 Å². The minimum atomic E-state index is -4.22. The summed E-state index contributed by atoms with van der Waals surface area (Å²) >= 11 is 0. The van der Waals surface area contributed by atoms with E-state index in [1.54, 1.807) is 30.3 Å². The summed E-state index contributed by atoms with van der Waals surface area (Å²) in [6.45, 7) is 1.63. The number of aryl methyl sites for hydroxylation is 1. The molecule has 0 aromatic heterocycles. The Bertz CT molecular complexity index is 1020. The van der Waals surface area contributed by atoms with Gasteiger partial charge >= 0.3 is 0 Å². The molecule has 0 aliphatic rings. The van der Waals surface area contributed by atoms with Gasteiger partial charge < -0.3 is 0 Å². The highest BCUT2D eigenvalue weighted by Gasteiger charge is 2.28. The quantitative estimate of drug-likeness (QED) is 0.652. The summed E-state index contributed by atoms with van der Waals surface area (Å²) in [7, 11) is -4.22. The third kappa shape index (κ3) is 3.60. The molecular weight excluding hydrogens is 356 g/mol. The van der Waals surface area contributed by atoms with Crippen molar-refractivity contribution in [1.82, 2.24) is 0 Å². The number of nitrogens with zero attached hydrogens (tertiary/aromatic N) is 1. The molecule has 3 nitrogen and oxygen atoms in total. The van der Waals surface area contributed by atoms with Gasteiger partial charge in [0, 0.05) is 5.56 Å². The molecule has 0 aliphatic heterocycles.